The van der Waals surface area contributed by atoms with Crippen molar-refractivity contribution < 1.29 is 14.3 Å². The smallest absolute Gasteiger partial charge is 0.330 e. The molecule has 2 aromatic heterocycles. The van der Waals surface area contributed by atoms with E-state index in [0.717, 1.165) is 15.9 Å². The Morgan fingerprint density at radius 3 is 2.88 bits per heavy atom. The summed E-state index contributed by atoms with van der Waals surface area (Å²) in [6, 6.07) is 9.02. The molecule has 134 valence electrons. The molecule has 0 radical (unpaired) electrons. The zero-order valence-corrected chi connectivity index (χ0v) is 15.0. The second-order valence-electron chi connectivity index (χ2n) is 5.18. The molecule has 0 saturated heterocycles. The molecule has 0 aliphatic rings. The monoisotopic (exact) mass is 391 g/mol. The van der Waals surface area contributed by atoms with Gasteiger partial charge in [-0.25, -0.2) is 4.79 Å². The molecule has 0 spiro atoms. The maximum Gasteiger partial charge on any atom is 0.330 e. The van der Waals surface area contributed by atoms with Crippen molar-refractivity contribution in [3.05, 3.63) is 51.7 Å². The molecular weight excluding hydrogens is 378 g/mol. The molecule has 0 fully saturated rings. The lowest BCUT2D eigenvalue weighted by Crippen LogP contribution is -2.29. The number of hydrogen-bond acceptors (Lipinski definition) is 7. The molecule has 0 aliphatic heterocycles. The summed E-state index contributed by atoms with van der Waals surface area (Å²) >= 11 is 7.52. The Labute approximate surface area is 157 Å². The van der Waals surface area contributed by atoms with Crippen LogP contribution < -0.4 is 5.32 Å². The van der Waals surface area contributed by atoms with Gasteiger partial charge in [-0.1, -0.05) is 29.8 Å². The Morgan fingerprint density at radius 1 is 1.27 bits per heavy atom. The highest BCUT2D eigenvalue weighted by atomic mass is 35.5. The number of aromatic nitrogens is 4. The lowest BCUT2D eigenvalue weighted by atomic mass is 10.2. The van der Waals surface area contributed by atoms with E-state index in [9.17, 15) is 9.59 Å². The molecule has 2 heterocycles. The molecule has 0 bridgehead atoms. The third-order valence-corrected chi connectivity index (χ3v) is 4.35. The molecular formula is C16H14ClN5O3S. The summed E-state index contributed by atoms with van der Waals surface area (Å²) in [7, 11) is 0. The Kier molecular flexibility index (Phi) is 5.92. The minimum atomic E-state index is -0.632. The van der Waals surface area contributed by atoms with Gasteiger partial charge >= 0.3 is 5.97 Å². The number of carbonyl (C=O) groups excluding carboxylic acids is 2. The number of nitrogens with one attached hydrogen (secondary N) is 1. The van der Waals surface area contributed by atoms with Crippen molar-refractivity contribution >= 4 is 34.8 Å². The van der Waals surface area contributed by atoms with Gasteiger partial charge in [0.05, 0.1) is 0 Å². The maximum absolute atomic E-state index is 11.8. The Hall–Kier alpha value is -2.78. The van der Waals surface area contributed by atoms with Crippen molar-refractivity contribution in [1.82, 2.24) is 25.5 Å². The SMILES string of the molecule is O=C(COC(=O)Cn1nnc(-c2ccsc2)n1)NCc1ccccc1Cl. The minimum Gasteiger partial charge on any atom is -0.454 e. The van der Waals surface area contributed by atoms with Crippen LogP contribution in [0.4, 0.5) is 0 Å². The third kappa shape index (κ3) is 4.87. The number of benzene rings is 1. The lowest BCUT2D eigenvalue weighted by molar-refractivity contribution is -0.149. The van der Waals surface area contributed by atoms with Crippen molar-refractivity contribution in [2.75, 3.05) is 6.61 Å². The zero-order chi connectivity index (χ0) is 18.4. The number of nitrogens with zero attached hydrogens (tertiary/aromatic N) is 4. The first-order valence-corrected chi connectivity index (χ1v) is 8.90. The minimum absolute atomic E-state index is 0.227. The number of tetrazole rings is 1. The Balaban J connectivity index is 1.42. The highest BCUT2D eigenvalue weighted by Crippen LogP contribution is 2.16. The predicted octanol–water partition coefficient (Wildman–Crippen LogP) is 1.91. The highest BCUT2D eigenvalue weighted by Gasteiger charge is 2.12. The van der Waals surface area contributed by atoms with Gasteiger partial charge in [-0.05, 0) is 28.3 Å². The standard InChI is InChI=1S/C16H14ClN5O3S/c17-13-4-2-1-3-11(13)7-18-14(23)9-25-15(24)8-22-20-16(19-21-22)12-5-6-26-10-12/h1-6,10H,7-9H2,(H,18,23). The average molecular weight is 392 g/mol. The summed E-state index contributed by atoms with van der Waals surface area (Å²) in [6.07, 6.45) is 0. The van der Waals surface area contributed by atoms with Crippen molar-refractivity contribution in [3.8, 4) is 11.4 Å². The van der Waals surface area contributed by atoms with E-state index in [0.29, 0.717) is 10.8 Å². The lowest BCUT2D eigenvalue weighted by Gasteiger charge is -2.07. The largest absolute Gasteiger partial charge is 0.454 e. The number of thiophene rings is 1. The van der Waals surface area contributed by atoms with Crippen LogP contribution in [0.2, 0.25) is 5.02 Å². The van der Waals surface area contributed by atoms with E-state index in [1.54, 1.807) is 18.2 Å². The fraction of sp³-hybridized carbons (Fsp3) is 0.188. The number of hydrogen-bond donors (Lipinski definition) is 1. The van der Waals surface area contributed by atoms with Gasteiger partial charge in [0.25, 0.3) is 5.91 Å². The van der Waals surface area contributed by atoms with E-state index >= 15 is 0 Å². The molecule has 10 heteroatoms. The molecule has 1 aromatic carbocycles. The molecule has 3 rings (SSSR count). The normalized spacial score (nSPS) is 10.5. The predicted molar refractivity (Wildman–Crippen MR) is 95.4 cm³/mol. The molecule has 3 aromatic rings. The first-order chi connectivity index (χ1) is 12.6. The van der Waals surface area contributed by atoms with Crippen LogP contribution in [-0.2, 0) is 27.4 Å². The van der Waals surface area contributed by atoms with Crippen molar-refractivity contribution in [2.45, 2.75) is 13.1 Å². The van der Waals surface area contributed by atoms with Gasteiger partial charge in [-0.2, -0.15) is 16.1 Å². The molecule has 0 saturated carbocycles. The molecule has 1 N–H and O–H groups in total. The van der Waals surface area contributed by atoms with Crippen LogP contribution in [-0.4, -0.2) is 38.7 Å². The topological polar surface area (TPSA) is 99.0 Å². The van der Waals surface area contributed by atoms with Crippen LogP contribution in [0.25, 0.3) is 11.4 Å². The quantitative estimate of drug-likeness (QED) is 0.618. The van der Waals surface area contributed by atoms with Gasteiger partial charge in [-0.3, -0.25) is 4.79 Å². The summed E-state index contributed by atoms with van der Waals surface area (Å²) in [6.45, 7) is -0.366. The van der Waals surface area contributed by atoms with Gasteiger partial charge in [0.15, 0.2) is 13.2 Å². The van der Waals surface area contributed by atoms with E-state index in [1.165, 1.54) is 11.3 Å². The number of esters is 1. The van der Waals surface area contributed by atoms with Gasteiger partial charge in [0.1, 0.15) is 0 Å². The van der Waals surface area contributed by atoms with E-state index in [1.807, 2.05) is 22.9 Å². The molecule has 26 heavy (non-hydrogen) atoms. The molecule has 1 amide bonds. The number of halogens is 1. The summed E-state index contributed by atoms with van der Waals surface area (Å²) in [5.74, 6) is -0.632. The third-order valence-electron chi connectivity index (χ3n) is 3.30. The Bertz CT molecular complexity index is 897. The summed E-state index contributed by atoms with van der Waals surface area (Å²) in [5.41, 5.74) is 1.61. The second-order valence-corrected chi connectivity index (χ2v) is 6.37. The van der Waals surface area contributed by atoms with Crippen LogP contribution in [0.5, 0.6) is 0 Å². The van der Waals surface area contributed by atoms with E-state index in [-0.39, 0.29) is 13.1 Å². The first kappa shape index (κ1) is 18.0. The van der Waals surface area contributed by atoms with Crippen molar-refractivity contribution in [3.63, 3.8) is 0 Å². The number of rotatable bonds is 7. The van der Waals surface area contributed by atoms with Crippen LogP contribution in [0, 0.1) is 0 Å². The van der Waals surface area contributed by atoms with Crippen LogP contribution >= 0.6 is 22.9 Å². The van der Waals surface area contributed by atoms with E-state index < -0.39 is 18.5 Å². The van der Waals surface area contributed by atoms with Gasteiger partial charge < -0.3 is 10.1 Å². The maximum atomic E-state index is 11.8. The number of ether oxygens (including phenoxy) is 1. The summed E-state index contributed by atoms with van der Waals surface area (Å²) < 4.78 is 4.92. The molecule has 0 atom stereocenters. The number of carbonyl (C=O) groups is 2. The highest BCUT2D eigenvalue weighted by molar-refractivity contribution is 7.08. The van der Waals surface area contributed by atoms with E-state index in [4.69, 9.17) is 16.3 Å². The summed E-state index contributed by atoms with van der Waals surface area (Å²) in [4.78, 5) is 24.7. The molecule has 8 nitrogen and oxygen atoms in total. The first-order valence-electron chi connectivity index (χ1n) is 7.58. The summed E-state index contributed by atoms with van der Waals surface area (Å²) in [5, 5.41) is 18.7. The van der Waals surface area contributed by atoms with Crippen LogP contribution in [0.3, 0.4) is 0 Å². The average Bonchev–Trinajstić information content (AvgIpc) is 3.30. The van der Waals surface area contributed by atoms with Gasteiger partial charge in [0, 0.05) is 22.5 Å². The second kappa shape index (κ2) is 8.54. The van der Waals surface area contributed by atoms with E-state index in [2.05, 4.69) is 20.7 Å². The van der Waals surface area contributed by atoms with Gasteiger partial charge in [0.2, 0.25) is 5.82 Å². The fourth-order valence-corrected chi connectivity index (χ4v) is 2.85. The number of amides is 1. The Morgan fingerprint density at radius 2 is 2.12 bits per heavy atom. The van der Waals surface area contributed by atoms with Crippen molar-refractivity contribution in [1.29, 1.82) is 0 Å². The zero-order valence-electron chi connectivity index (χ0n) is 13.5. The van der Waals surface area contributed by atoms with Crippen LogP contribution in [0.1, 0.15) is 5.56 Å². The van der Waals surface area contributed by atoms with Crippen LogP contribution in [0.15, 0.2) is 41.1 Å². The molecule has 0 aliphatic carbocycles. The fourth-order valence-electron chi connectivity index (χ4n) is 2.01. The van der Waals surface area contributed by atoms with Gasteiger partial charge in [-0.15, -0.1) is 10.2 Å². The molecule has 0 unspecified atom stereocenters. The van der Waals surface area contributed by atoms with Crippen molar-refractivity contribution in [2.24, 2.45) is 0 Å².